The van der Waals surface area contributed by atoms with Crippen LogP contribution in [-0.2, 0) is 0 Å². The minimum absolute atomic E-state index is 0.0249. The number of rotatable bonds is 3. The molecule has 20 heavy (non-hydrogen) atoms. The molecule has 2 nitrogen and oxygen atoms in total. The fourth-order valence-corrected chi connectivity index (χ4v) is 2.29. The maximum Gasteiger partial charge on any atom is 0.187 e. The lowest BCUT2D eigenvalue weighted by Gasteiger charge is -1.99. The molecule has 1 heterocycles. The molecule has 0 atom stereocenters. The van der Waals surface area contributed by atoms with Crippen molar-refractivity contribution in [1.29, 1.82) is 0 Å². The van der Waals surface area contributed by atoms with Gasteiger partial charge >= 0.3 is 0 Å². The standard InChI is InChI=1S/C18H15NO/c1-13-17(10-11-19-13)18(20)9-7-14-6-8-15-4-2-3-5-16(15)12-14/h2-12,19H,1H3. The van der Waals surface area contributed by atoms with Crippen molar-refractivity contribution in [1.82, 2.24) is 4.98 Å². The van der Waals surface area contributed by atoms with Crippen LogP contribution in [0.1, 0.15) is 21.6 Å². The molecule has 1 N–H and O–H groups in total. The van der Waals surface area contributed by atoms with Crippen molar-refractivity contribution in [3.63, 3.8) is 0 Å². The number of aromatic amines is 1. The summed E-state index contributed by atoms with van der Waals surface area (Å²) in [5.74, 6) is 0.0249. The second kappa shape index (κ2) is 5.17. The number of hydrogen-bond acceptors (Lipinski definition) is 1. The number of benzene rings is 2. The maximum absolute atomic E-state index is 12.1. The van der Waals surface area contributed by atoms with E-state index in [0.717, 1.165) is 16.8 Å². The molecule has 0 saturated carbocycles. The van der Waals surface area contributed by atoms with Gasteiger partial charge in [-0.15, -0.1) is 0 Å². The molecule has 1 aromatic heterocycles. The van der Waals surface area contributed by atoms with Crippen molar-refractivity contribution in [2.75, 3.05) is 0 Å². The zero-order valence-electron chi connectivity index (χ0n) is 11.3. The van der Waals surface area contributed by atoms with Crippen molar-refractivity contribution < 1.29 is 4.79 Å². The van der Waals surface area contributed by atoms with Crippen molar-refractivity contribution in [2.45, 2.75) is 6.92 Å². The summed E-state index contributed by atoms with van der Waals surface area (Å²) in [4.78, 5) is 15.1. The highest BCUT2D eigenvalue weighted by molar-refractivity contribution is 6.07. The van der Waals surface area contributed by atoms with Crippen LogP contribution in [0.15, 0.2) is 60.8 Å². The monoisotopic (exact) mass is 261 g/mol. The average Bonchev–Trinajstić information content (AvgIpc) is 2.91. The minimum Gasteiger partial charge on any atom is -0.365 e. The largest absolute Gasteiger partial charge is 0.365 e. The lowest BCUT2D eigenvalue weighted by Crippen LogP contribution is -1.94. The smallest absolute Gasteiger partial charge is 0.187 e. The zero-order valence-corrected chi connectivity index (χ0v) is 11.3. The molecule has 98 valence electrons. The summed E-state index contributed by atoms with van der Waals surface area (Å²) < 4.78 is 0. The van der Waals surface area contributed by atoms with Gasteiger partial charge in [0.25, 0.3) is 0 Å². The van der Waals surface area contributed by atoms with Gasteiger partial charge in [-0.25, -0.2) is 0 Å². The molecule has 0 amide bonds. The number of ketones is 1. The Balaban J connectivity index is 1.87. The van der Waals surface area contributed by atoms with Crippen LogP contribution < -0.4 is 0 Å². The van der Waals surface area contributed by atoms with Crippen LogP contribution in [0.4, 0.5) is 0 Å². The van der Waals surface area contributed by atoms with Gasteiger partial charge in [-0.1, -0.05) is 42.5 Å². The van der Waals surface area contributed by atoms with E-state index < -0.39 is 0 Å². The zero-order chi connectivity index (χ0) is 13.9. The van der Waals surface area contributed by atoms with Crippen LogP contribution in [0.3, 0.4) is 0 Å². The molecule has 0 spiro atoms. The number of allylic oxidation sites excluding steroid dienone is 1. The molecule has 0 bridgehead atoms. The third-order valence-corrected chi connectivity index (χ3v) is 3.42. The van der Waals surface area contributed by atoms with Crippen LogP contribution in [0.2, 0.25) is 0 Å². The molecule has 0 aliphatic rings. The number of H-pyrrole nitrogens is 1. The fraction of sp³-hybridized carbons (Fsp3) is 0.0556. The molecule has 0 aliphatic heterocycles. The number of aromatic nitrogens is 1. The van der Waals surface area contributed by atoms with E-state index in [1.807, 2.05) is 37.3 Å². The number of fused-ring (bicyclic) bond motifs is 1. The highest BCUT2D eigenvalue weighted by atomic mass is 16.1. The van der Waals surface area contributed by atoms with Crippen LogP contribution in [0.25, 0.3) is 16.8 Å². The van der Waals surface area contributed by atoms with E-state index >= 15 is 0 Å². The van der Waals surface area contributed by atoms with E-state index in [1.54, 1.807) is 12.3 Å². The molecule has 0 aliphatic carbocycles. The van der Waals surface area contributed by atoms with Gasteiger partial charge in [-0.05, 0) is 41.5 Å². The quantitative estimate of drug-likeness (QED) is 0.551. The van der Waals surface area contributed by atoms with Crippen molar-refractivity contribution in [3.05, 3.63) is 77.6 Å². The summed E-state index contributed by atoms with van der Waals surface area (Å²) >= 11 is 0. The Kier molecular flexibility index (Phi) is 3.21. The molecule has 2 heteroatoms. The average molecular weight is 261 g/mol. The highest BCUT2D eigenvalue weighted by Gasteiger charge is 2.05. The molecule has 3 rings (SSSR count). The first-order valence-corrected chi connectivity index (χ1v) is 6.59. The fourth-order valence-electron chi connectivity index (χ4n) is 2.29. The van der Waals surface area contributed by atoms with Crippen molar-refractivity contribution in [2.24, 2.45) is 0 Å². The van der Waals surface area contributed by atoms with Gasteiger partial charge in [-0.3, -0.25) is 4.79 Å². The molecule has 0 unspecified atom stereocenters. The van der Waals surface area contributed by atoms with Gasteiger partial charge in [0.05, 0.1) is 0 Å². The van der Waals surface area contributed by atoms with Gasteiger partial charge in [-0.2, -0.15) is 0 Å². The van der Waals surface area contributed by atoms with E-state index in [4.69, 9.17) is 0 Å². The van der Waals surface area contributed by atoms with Crippen LogP contribution in [0, 0.1) is 6.92 Å². The summed E-state index contributed by atoms with van der Waals surface area (Å²) in [6.45, 7) is 1.90. The Labute approximate surface area is 117 Å². The van der Waals surface area contributed by atoms with Crippen LogP contribution in [-0.4, -0.2) is 10.8 Å². The Morgan fingerprint density at radius 3 is 2.60 bits per heavy atom. The number of hydrogen-bond donors (Lipinski definition) is 1. The Morgan fingerprint density at radius 1 is 1.05 bits per heavy atom. The Bertz CT molecular complexity index is 796. The number of aryl methyl sites for hydroxylation is 1. The van der Waals surface area contributed by atoms with Crippen LogP contribution >= 0.6 is 0 Å². The predicted octanol–water partition coefficient (Wildman–Crippen LogP) is 4.37. The molecule has 2 aromatic carbocycles. The van der Waals surface area contributed by atoms with Gasteiger partial charge in [0.1, 0.15) is 0 Å². The summed E-state index contributed by atoms with van der Waals surface area (Å²) in [5, 5.41) is 2.39. The van der Waals surface area contributed by atoms with Gasteiger partial charge in [0.15, 0.2) is 5.78 Å². The normalized spacial score (nSPS) is 11.2. The van der Waals surface area contributed by atoms with Gasteiger partial charge in [0.2, 0.25) is 0 Å². The molecular formula is C18H15NO. The third kappa shape index (κ3) is 2.41. The topological polar surface area (TPSA) is 32.9 Å². The van der Waals surface area contributed by atoms with Crippen molar-refractivity contribution >= 4 is 22.6 Å². The number of carbonyl (C=O) groups is 1. The van der Waals surface area contributed by atoms with E-state index in [-0.39, 0.29) is 5.78 Å². The first-order valence-electron chi connectivity index (χ1n) is 6.59. The van der Waals surface area contributed by atoms with E-state index in [1.165, 1.54) is 10.8 Å². The lowest BCUT2D eigenvalue weighted by atomic mass is 10.1. The maximum atomic E-state index is 12.1. The number of carbonyl (C=O) groups excluding carboxylic acids is 1. The lowest BCUT2D eigenvalue weighted by molar-refractivity contribution is 0.104. The third-order valence-electron chi connectivity index (χ3n) is 3.42. The summed E-state index contributed by atoms with van der Waals surface area (Å²) in [7, 11) is 0. The Hall–Kier alpha value is -2.61. The number of nitrogens with one attached hydrogen (secondary N) is 1. The Morgan fingerprint density at radius 2 is 1.85 bits per heavy atom. The van der Waals surface area contributed by atoms with Crippen LogP contribution in [0.5, 0.6) is 0 Å². The van der Waals surface area contributed by atoms with E-state index in [0.29, 0.717) is 0 Å². The molecular weight excluding hydrogens is 246 g/mol. The SMILES string of the molecule is Cc1[nH]ccc1C(=O)C=Cc1ccc2ccccc2c1. The van der Waals surface area contributed by atoms with E-state index in [2.05, 4.69) is 29.2 Å². The molecule has 0 saturated heterocycles. The molecule has 3 aromatic rings. The van der Waals surface area contributed by atoms with Gasteiger partial charge < -0.3 is 4.98 Å². The minimum atomic E-state index is 0.0249. The highest BCUT2D eigenvalue weighted by Crippen LogP contribution is 2.17. The first-order chi connectivity index (χ1) is 9.74. The molecule has 0 radical (unpaired) electrons. The summed E-state index contributed by atoms with van der Waals surface area (Å²) in [6.07, 6.45) is 5.27. The summed E-state index contributed by atoms with van der Waals surface area (Å²) in [6, 6.07) is 16.2. The molecule has 0 fully saturated rings. The second-order valence-corrected chi connectivity index (χ2v) is 4.82. The van der Waals surface area contributed by atoms with E-state index in [9.17, 15) is 4.79 Å². The predicted molar refractivity (Wildman–Crippen MR) is 82.8 cm³/mol. The second-order valence-electron chi connectivity index (χ2n) is 4.82. The van der Waals surface area contributed by atoms with Crippen molar-refractivity contribution in [3.8, 4) is 0 Å². The first kappa shape index (κ1) is 12.4. The van der Waals surface area contributed by atoms with Gasteiger partial charge in [0, 0.05) is 17.5 Å². The summed E-state index contributed by atoms with van der Waals surface area (Å²) in [5.41, 5.74) is 2.66.